The number of Topliss-reactive ketones (excluding diaryl/α,β-unsaturated/α-hetero) is 1. The summed E-state index contributed by atoms with van der Waals surface area (Å²) in [5.41, 5.74) is -0.0540. The maximum Gasteiger partial charge on any atom is 0.136 e. The zero-order chi connectivity index (χ0) is 12.4. The molecule has 0 N–H and O–H groups in total. The zero-order valence-electron chi connectivity index (χ0n) is 11.3. The highest BCUT2D eigenvalue weighted by molar-refractivity contribution is 6.12. The van der Waals surface area contributed by atoms with Crippen LogP contribution in [0, 0.1) is 16.7 Å². The second-order valence-electron chi connectivity index (χ2n) is 6.54. The second-order valence-corrected chi connectivity index (χ2v) is 6.54. The summed E-state index contributed by atoms with van der Waals surface area (Å²) in [6.07, 6.45) is 0.629. The third-order valence-electron chi connectivity index (χ3n) is 3.48. The molecule has 0 aliphatic rings. The summed E-state index contributed by atoms with van der Waals surface area (Å²) >= 11 is 0. The van der Waals surface area contributed by atoms with E-state index in [1.165, 1.54) is 0 Å². The topological polar surface area (TPSA) is 17.1 Å². The molecule has 0 spiro atoms. The largest absolute Gasteiger partial charge is 0.299 e. The van der Waals surface area contributed by atoms with Gasteiger partial charge in [-0.2, -0.15) is 0 Å². The molecule has 0 aromatic rings. The average Bonchev–Trinajstić information content (AvgIpc) is 1.99. The van der Waals surface area contributed by atoms with E-state index < -0.39 is 0 Å². The van der Waals surface area contributed by atoms with Crippen LogP contribution in [-0.4, -0.2) is 13.6 Å². The molecule has 86 valence electrons. The van der Waals surface area contributed by atoms with E-state index in [0.717, 1.165) is 0 Å². The summed E-state index contributed by atoms with van der Waals surface area (Å²) in [4.78, 5) is 12.1. The van der Waals surface area contributed by atoms with Gasteiger partial charge in [-0.15, -0.1) is 0 Å². The van der Waals surface area contributed by atoms with Crippen molar-refractivity contribution in [3.05, 3.63) is 0 Å². The number of carbonyl (C=O) groups is 1. The highest BCUT2D eigenvalue weighted by Gasteiger charge is 2.34. The number of rotatable bonds is 4. The van der Waals surface area contributed by atoms with E-state index in [0.29, 0.717) is 12.2 Å². The van der Waals surface area contributed by atoms with Gasteiger partial charge in [-0.05, 0) is 10.8 Å². The SMILES string of the molecule is [B]C(C)C(C)(C)C(C)C(=O)CC(C)(C)C. The Balaban J connectivity index is 4.59. The van der Waals surface area contributed by atoms with Crippen molar-refractivity contribution in [2.75, 3.05) is 0 Å². The molecule has 0 aliphatic carbocycles. The molecule has 0 heterocycles. The van der Waals surface area contributed by atoms with E-state index in [2.05, 4.69) is 34.6 Å². The van der Waals surface area contributed by atoms with E-state index in [1.807, 2.05) is 13.8 Å². The van der Waals surface area contributed by atoms with Gasteiger partial charge in [-0.3, -0.25) is 4.79 Å². The van der Waals surface area contributed by atoms with Crippen LogP contribution in [0.2, 0.25) is 5.82 Å². The van der Waals surface area contributed by atoms with Crippen LogP contribution < -0.4 is 0 Å². The summed E-state index contributed by atoms with van der Waals surface area (Å²) in [6, 6.07) is 0. The third kappa shape index (κ3) is 4.40. The highest BCUT2D eigenvalue weighted by atomic mass is 16.1. The first kappa shape index (κ1) is 14.7. The average molecular weight is 208 g/mol. The van der Waals surface area contributed by atoms with Crippen LogP contribution in [0.1, 0.15) is 54.9 Å². The number of carbonyl (C=O) groups excluding carboxylic acids is 1. The van der Waals surface area contributed by atoms with Gasteiger partial charge in [0.1, 0.15) is 5.78 Å². The molecular weight excluding hydrogens is 183 g/mol. The van der Waals surface area contributed by atoms with Crippen molar-refractivity contribution in [3.63, 3.8) is 0 Å². The fraction of sp³-hybridized carbons (Fsp3) is 0.923. The monoisotopic (exact) mass is 208 g/mol. The van der Waals surface area contributed by atoms with Crippen molar-refractivity contribution >= 4 is 13.6 Å². The first-order valence-electron chi connectivity index (χ1n) is 5.77. The van der Waals surface area contributed by atoms with Crippen molar-refractivity contribution in [1.29, 1.82) is 0 Å². The third-order valence-corrected chi connectivity index (χ3v) is 3.48. The summed E-state index contributed by atoms with van der Waals surface area (Å²) in [5, 5.41) is 0. The smallest absolute Gasteiger partial charge is 0.136 e. The van der Waals surface area contributed by atoms with Crippen molar-refractivity contribution in [2.24, 2.45) is 16.7 Å². The molecule has 0 bridgehead atoms. The van der Waals surface area contributed by atoms with Gasteiger partial charge in [-0.25, -0.2) is 0 Å². The molecule has 0 aliphatic heterocycles. The van der Waals surface area contributed by atoms with Gasteiger partial charge in [0.2, 0.25) is 0 Å². The molecule has 2 unspecified atom stereocenters. The first-order chi connectivity index (χ1) is 6.48. The molecule has 0 saturated heterocycles. The molecule has 2 radical (unpaired) electrons. The van der Waals surface area contributed by atoms with Gasteiger partial charge in [0.05, 0.1) is 7.85 Å². The molecule has 1 nitrogen and oxygen atoms in total. The molecule has 0 rings (SSSR count). The van der Waals surface area contributed by atoms with Crippen LogP contribution in [0.3, 0.4) is 0 Å². The Morgan fingerprint density at radius 1 is 1.13 bits per heavy atom. The summed E-state index contributed by atoms with van der Waals surface area (Å²) in [7, 11) is 5.92. The Kier molecular flexibility index (Phi) is 4.63. The van der Waals surface area contributed by atoms with E-state index in [-0.39, 0.29) is 22.6 Å². The van der Waals surface area contributed by atoms with Crippen LogP contribution in [-0.2, 0) is 4.79 Å². The van der Waals surface area contributed by atoms with E-state index in [4.69, 9.17) is 7.85 Å². The zero-order valence-corrected chi connectivity index (χ0v) is 11.3. The molecule has 0 saturated carbocycles. The van der Waals surface area contributed by atoms with Crippen LogP contribution in [0.4, 0.5) is 0 Å². The van der Waals surface area contributed by atoms with Crippen molar-refractivity contribution in [1.82, 2.24) is 0 Å². The maximum absolute atomic E-state index is 12.1. The Hall–Kier alpha value is -0.265. The molecule has 2 atom stereocenters. The van der Waals surface area contributed by atoms with E-state index >= 15 is 0 Å². The molecule has 0 amide bonds. The quantitative estimate of drug-likeness (QED) is 0.644. The molecular formula is C13H25BO. The molecule has 0 aromatic heterocycles. The highest BCUT2D eigenvalue weighted by Crippen LogP contribution is 2.39. The van der Waals surface area contributed by atoms with Crippen LogP contribution >= 0.6 is 0 Å². The maximum atomic E-state index is 12.1. The van der Waals surface area contributed by atoms with Crippen molar-refractivity contribution in [3.8, 4) is 0 Å². The minimum Gasteiger partial charge on any atom is -0.299 e. The van der Waals surface area contributed by atoms with Gasteiger partial charge in [0.15, 0.2) is 0 Å². The lowest BCUT2D eigenvalue weighted by Gasteiger charge is -2.36. The normalized spacial score (nSPS) is 17.3. The summed E-state index contributed by atoms with van der Waals surface area (Å²) < 4.78 is 0. The Bertz CT molecular complexity index is 223. The van der Waals surface area contributed by atoms with Crippen molar-refractivity contribution in [2.45, 2.75) is 60.7 Å². The lowest BCUT2D eigenvalue weighted by Crippen LogP contribution is -2.33. The standard InChI is InChI=1S/C13H25BO/c1-9(13(6,7)10(2)14)11(15)8-12(3,4)5/h9-10H,8H2,1-7H3. The van der Waals surface area contributed by atoms with Gasteiger partial charge < -0.3 is 0 Å². The molecule has 2 heteroatoms. The van der Waals surface area contributed by atoms with E-state index in [9.17, 15) is 4.79 Å². The minimum absolute atomic E-state index is 0.0247. The fourth-order valence-electron chi connectivity index (χ4n) is 1.49. The Morgan fingerprint density at radius 2 is 1.53 bits per heavy atom. The number of hydrogen-bond donors (Lipinski definition) is 0. The van der Waals surface area contributed by atoms with Crippen LogP contribution in [0.5, 0.6) is 0 Å². The fourth-order valence-corrected chi connectivity index (χ4v) is 1.49. The molecule has 0 fully saturated rings. The van der Waals surface area contributed by atoms with Crippen LogP contribution in [0.15, 0.2) is 0 Å². The minimum atomic E-state index is -0.123. The lowest BCUT2D eigenvalue weighted by atomic mass is 9.61. The van der Waals surface area contributed by atoms with Gasteiger partial charge >= 0.3 is 0 Å². The summed E-state index contributed by atoms with van der Waals surface area (Å²) in [6.45, 7) is 14.4. The van der Waals surface area contributed by atoms with Crippen molar-refractivity contribution < 1.29 is 4.79 Å². The molecule has 0 aromatic carbocycles. The van der Waals surface area contributed by atoms with Gasteiger partial charge in [-0.1, -0.05) is 54.3 Å². The van der Waals surface area contributed by atoms with Gasteiger partial charge in [0, 0.05) is 12.3 Å². The Morgan fingerprint density at radius 3 is 1.80 bits per heavy atom. The number of ketones is 1. The lowest BCUT2D eigenvalue weighted by molar-refractivity contribution is -0.127. The predicted octanol–water partition coefficient (Wildman–Crippen LogP) is 3.63. The number of hydrogen-bond acceptors (Lipinski definition) is 1. The van der Waals surface area contributed by atoms with Gasteiger partial charge in [0.25, 0.3) is 0 Å². The second kappa shape index (κ2) is 4.72. The predicted molar refractivity (Wildman–Crippen MR) is 67.2 cm³/mol. The molecule has 15 heavy (non-hydrogen) atoms. The first-order valence-corrected chi connectivity index (χ1v) is 5.77. The van der Waals surface area contributed by atoms with Crippen LogP contribution in [0.25, 0.3) is 0 Å². The van der Waals surface area contributed by atoms with E-state index in [1.54, 1.807) is 0 Å². The summed E-state index contributed by atoms with van der Waals surface area (Å²) in [5.74, 6) is 0.387. The Labute approximate surface area is 96.4 Å².